The van der Waals surface area contributed by atoms with E-state index in [1.165, 1.54) is 0 Å². The van der Waals surface area contributed by atoms with Crippen LogP contribution in [-0.2, 0) is 20.9 Å². The highest BCUT2D eigenvalue weighted by atomic mass is 32.2. The highest BCUT2D eigenvalue weighted by Gasteiger charge is 2.24. The van der Waals surface area contributed by atoms with Gasteiger partial charge in [-0.15, -0.1) is 0 Å². The summed E-state index contributed by atoms with van der Waals surface area (Å²) in [7, 11) is -4.54. The van der Waals surface area contributed by atoms with E-state index < -0.39 is 15.5 Å². The highest BCUT2D eigenvalue weighted by molar-refractivity contribution is 7.86. The Bertz CT molecular complexity index is 820. The van der Waals surface area contributed by atoms with Gasteiger partial charge in [0.05, 0.1) is 4.90 Å². The Morgan fingerprint density at radius 2 is 1.45 bits per heavy atom. The van der Waals surface area contributed by atoms with Crippen LogP contribution in [0.4, 0.5) is 0 Å². The Kier molecular flexibility index (Phi) is 3.91. The Hall–Kier alpha value is -1.39. The van der Waals surface area contributed by atoms with Crippen molar-refractivity contribution in [1.29, 1.82) is 0 Å². The van der Waals surface area contributed by atoms with E-state index in [4.69, 9.17) is 0 Å². The quantitative estimate of drug-likeness (QED) is 0.735. The van der Waals surface area contributed by atoms with Crippen molar-refractivity contribution in [3.8, 4) is 0 Å². The molecule has 0 aliphatic rings. The lowest BCUT2D eigenvalue weighted by Gasteiger charge is -2.26. The van der Waals surface area contributed by atoms with Crippen molar-refractivity contribution in [2.75, 3.05) is 0 Å². The minimum absolute atomic E-state index is 0.0343. The van der Waals surface area contributed by atoms with Crippen molar-refractivity contribution in [2.45, 2.75) is 57.3 Å². The molecule has 22 heavy (non-hydrogen) atoms. The number of hydrogen-bond acceptors (Lipinski definition) is 3. The Morgan fingerprint density at radius 3 is 1.91 bits per heavy atom. The largest absolute Gasteiger partial charge is 0.744 e. The zero-order valence-electron chi connectivity index (χ0n) is 14.0. The van der Waals surface area contributed by atoms with Crippen molar-refractivity contribution in [3.63, 3.8) is 0 Å². The molecular weight excluding hydrogens is 296 g/mol. The highest BCUT2D eigenvalue weighted by Crippen LogP contribution is 2.36. The summed E-state index contributed by atoms with van der Waals surface area (Å²) < 4.78 is 35.5. The molecule has 0 aromatic heterocycles. The zero-order chi connectivity index (χ0) is 16.9. The van der Waals surface area contributed by atoms with Crippen LogP contribution < -0.4 is 0 Å². The van der Waals surface area contributed by atoms with Crippen LogP contribution in [0.2, 0.25) is 0 Å². The second-order valence-electron chi connectivity index (χ2n) is 7.83. The molecule has 2 aromatic carbocycles. The molecule has 0 unspecified atom stereocenters. The topological polar surface area (TPSA) is 57.2 Å². The van der Waals surface area contributed by atoms with Crippen LogP contribution in [0.25, 0.3) is 10.8 Å². The molecule has 0 saturated heterocycles. The second-order valence-corrected chi connectivity index (χ2v) is 9.15. The van der Waals surface area contributed by atoms with Crippen LogP contribution >= 0.6 is 0 Å². The van der Waals surface area contributed by atoms with Crippen molar-refractivity contribution in [1.82, 2.24) is 0 Å². The van der Waals surface area contributed by atoms with Crippen LogP contribution in [0.1, 0.15) is 52.7 Å². The summed E-state index contributed by atoms with van der Waals surface area (Å²) in [6.07, 6.45) is 0. The van der Waals surface area contributed by atoms with Crippen LogP contribution in [0.15, 0.2) is 35.2 Å². The molecule has 0 saturated carbocycles. The van der Waals surface area contributed by atoms with Gasteiger partial charge < -0.3 is 4.55 Å². The first-order valence-electron chi connectivity index (χ1n) is 7.35. The summed E-state index contributed by atoms with van der Waals surface area (Å²) in [5.41, 5.74) is 1.23. The molecule has 0 aliphatic heterocycles. The third-order valence-electron chi connectivity index (χ3n) is 3.89. The SMILES string of the molecule is CC(C)(C)c1ccc2c(S(=O)(=O)[O-])c(C(C)(C)C)ccc2c1. The van der Waals surface area contributed by atoms with Gasteiger partial charge in [0, 0.05) is 0 Å². The molecule has 3 nitrogen and oxygen atoms in total. The Balaban J connectivity index is 2.90. The van der Waals surface area contributed by atoms with E-state index in [1.807, 2.05) is 39.0 Å². The van der Waals surface area contributed by atoms with Gasteiger partial charge in [0.1, 0.15) is 10.1 Å². The molecule has 0 fully saturated rings. The van der Waals surface area contributed by atoms with Crippen molar-refractivity contribution >= 4 is 20.9 Å². The summed E-state index contributed by atoms with van der Waals surface area (Å²) in [6, 6.07) is 9.30. The number of hydrogen-bond donors (Lipinski definition) is 0. The van der Waals surface area contributed by atoms with Crippen LogP contribution in [0.5, 0.6) is 0 Å². The Labute approximate surface area is 133 Å². The lowest BCUT2D eigenvalue weighted by molar-refractivity contribution is 0.459. The molecule has 0 radical (unpaired) electrons. The van der Waals surface area contributed by atoms with Gasteiger partial charge in [-0.25, -0.2) is 8.42 Å². The smallest absolute Gasteiger partial charge is 0.125 e. The van der Waals surface area contributed by atoms with Gasteiger partial charge in [0.15, 0.2) is 0 Å². The van der Waals surface area contributed by atoms with Crippen LogP contribution in [0.3, 0.4) is 0 Å². The van der Waals surface area contributed by atoms with Crippen molar-refractivity contribution in [3.05, 3.63) is 41.5 Å². The first-order valence-corrected chi connectivity index (χ1v) is 8.76. The monoisotopic (exact) mass is 319 g/mol. The molecule has 0 N–H and O–H groups in total. The van der Waals surface area contributed by atoms with E-state index in [0.29, 0.717) is 10.9 Å². The van der Waals surface area contributed by atoms with E-state index in [-0.39, 0.29) is 10.3 Å². The zero-order valence-corrected chi connectivity index (χ0v) is 14.8. The average Bonchev–Trinajstić information content (AvgIpc) is 2.33. The van der Waals surface area contributed by atoms with Crippen LogP contribution in [0, 0.1) is 0 Å². The maximum absolute atomic E-state index is 11.8. The predicted molar refractivity (Wildman–Crippen MR) is 89.3 cm³/mol. The summed E-state index contributed by atoms with van der Waals surface area (Å²) in [5.74, 6) is 0. The minimum Gasteiger partial charge on any atom is -0.744 e. The predicted octanol–water partition coefficient (Wildman–Crippen LogP) is 4.34. The van der Waals surface area contributed by atoms with Crippen molar-refractivity contribution in [2.24, 2.45) is 0 Å². The summed E-state index contributed by atoms with van der Waals surface area (Å²) >= 11 is 0. The van der Waals surface area contributed by atoms with E-state index in [9.17, 15) is 13.0 Å². The molecule has 0 aliphatic carbocycles. The van der Waals surface area contributed by atoms with Gasteiger partial charge in [0.25, 0.3) is 0 Å². The standard InChI is InChI=1S/C18H24O3S/c1-17(2,3)13-8-9-14-12(11-13)7-10-15(18(4,5)6)16(14)22(19,20)21/h7-11H,1-6H3,(H,19,20,21)/p-1. The van der Waals surface area contributed by atoms with Gasteiger partial charge in [-0.3, -0.25) is 0 Å². The van der Waals surface area contributed by atoms with Gasteiger partial charge in [0.2, 0.25) is 0 Å². The summed E-state index contributed by atoms with van der Waals surface area (Å²) in [6.45, 7) is 12.0. The summed E-state index contributed by atoms with van der Waals surface area (Å²) in [4.78, 5) is -0.0852. The van der Waals surface area contributed by atoms with Crippen molar-refractivity contribution < 1.29 is 13.0 Å². The maximum atomic E-state index is 11.8. The maximum Gasteiger partial charge on any atom is 0.125 e. The number of rotatable bonds is 1. The molecule has 0 atom stereocenters. The normalized spacial score (nSPS) is 13.6. The molecule has 4 heteroatoms. The molecule has 0 spiro atoms. The molecule has 0 heterocycles. The van der Waals surface area contributed by atoms with E-state index in [0.717, 1.165) is 10.9 Å². The fourth-order valence-electron chi connectivity index (χ4n) is 2.63. The van der Waals surface area contributed by atoms with E-state index in [1.54, 1.807) is 12.1 Å². The van der Waals surface area contributed by atoms with Gasteiger partial charge in [-0.2, -0.15) is 0 Å². The lowest BCUT2D eigenvalue weighted by atomic mass is 9.83. The summed E-state index contributed by atoms with van der Waals surface area (Å²) in [5, 5.41) is 1.30. The third kappa shape index (κ3) is 3.18. The fraction of sp³-hybridized carbons (Fsp3) is 0.444. The number of fused-ring (bicyclic) bond motifs is 1. The second kappa shape index (κ2) is 5.07. The number of benzene rings is 2. The van der Waals surface area contributed by atoms with E-state index in [2.05, 4.69) is 20.8 Å². The lowest BCUT2D eigenvalue weighted by Crippen LogP contribution is -2.17. The fourth-order valence-corrected chi connectivity index (χ4v) is 3.73. The molecule has 0 amide bonds. The Morgan fingerprint density at radius 1 is 0.864 bits per heavy atom. The molecule has 2 rings (SSSR count). The van der Waals surface area contributed by atoms with Gasteiger partial charge in [-0.1, -0.05) is 71.9 Å². The molecule has 0 bridgehead atoms. The van der Waals surface area contributed by atoms with Gasteiger partial charge >= 0.3 is 0 Å². The van der Waals surface area contributed by atoms with E-state index >= 15 is 0 Å². The van der Waals surface area contributed by atoms with Crippen LogP contribution in [-0.4, -0.2) is 13.0 Å². The average molecular weight is 319 g/mol. The molecular formula is C18H23O3S-. The van der Waals surface area contributed by atoms with Gasteiger partial charge in [-0.05, 0) is 32.7 Å². The molecule has 2 aromatic rings. The first kappa shape index (κ1) is 17.0. The molecule has 120 valence electrons. The first-order chi connectivity index (χ1) is 9.82. The third-order valence-corrected chi connectivity index (χ3v) is 4.83. The minimum atomic E-state index is -4.54.